The number of carbonyl (C=O) groups excluding carboxylic acids is 2. The highest BCUT2D eigenvalue weighted by Gasteiger charge is 2.23. The standard InChI is InChI=1S/C17H17IN2O3/c1-2-15(16(21)20-12-6-4-3-5-7-12)23-17(22)13-10-11(18)8-9-14(13)19/h3-10,15H,2,19H2,1H3,(H,20,21). The summed E-state index contributed by atoms with van der Waals surface area (Å²) in [6.45, 7) is 1.78. The highest BCUT2D eigenvalue weighted by atomic mass is 127. The molecular weight excluding hydrogens is 407 g/mol. The molecule has 120 valence electrons. The number of hydrogen-bond acceptors (Lipinski definition) is 4. The number of rotatable bonds is 5. The van der Waals surface area contributed by atoms with Gasteiger partial charge in [-0.2, -0.15) is 0 Å². The maximum atomic E-state index is 12.3. The second-order valence-corrected chi connectivity index (χ2v) is 6.13. The smallest absolute Gasteiger partial charge is 0.341 e. The zero-order chi connectivity index (χ0) is 16.8. The fourth-order valence-electron chi connectivity index (χ4n) is 1.96. The molecule has 0 saturated carbocycles. The second-order valence-electron chi connectivity index (χ2n) is 4.89. The summed E-state index contributed by atoms with van der Waals surface area (Å²) in [5, 5.41) is 2.73. The van der Waals surface area contributed by atoms with Crippen LogP contribution in [0.3, 0.4) is 0 Å². The quantitative estimate of drug-likeness (QED) is 0.438. The lowest BCUT2D eigenvalue weighted by Crippen LogP contribution is -2.32. The first-order valence-electron chi connectivity index (χ1n) is 7.13. The number of carbonyl (C=O) groups is 2. The summed E-state index contributed by atoms with van der Waals surface area (Å²) in [6, 6.07) is 14.1. The summed E-state index contributed by atoms with van der Waals surface area (Å²) in [5.74, 6) is -0.965. The van der Waals surface area contributed by atoms with Crippen LogP contribution in [0.2, 0.25) is 0 Å². The van der Waals surface area contributed by atoms with Gasteiger partial charge in [-0.1, -0.05) is 25.1 Å². The Morgan fingerprint density at radius 2 is 1.91 bits per heavy atom. The van der Waals surface area contributed by atoms with Gasteiger partial charge in [0.2, 0.25) is 0 Å². The van der Waals surface area contributed by atoms with Crippen molar-refractivity contribution in [3.05, 3.63) is 57.7 Å². The van der Waals surface area contributed by atoms with E-state index in [0.29, 0.717) is 17.8 Å². The van der Waals surface area contributed by atoms with Crippen LogP contribution in [0, 0.1) is 3.57 Å². The van der Waals surface area contributed by atoms with E-state index in [2.05, 4.69) is 27.9 Å². The largest absolute Gasteiger partial charge is 0.449 e. The second kappa shape index (κ2) is 7.96. The van der Waals surface area contributed by atoms with Crippen LogP contribution in [-0.4, -0.2) is 18.0 Å². The molecule has 2 aromatic rings. The van der Waals surface area contributed by atoms with Crippen LogP contribution in [0.5, 0.6) is 0 Å². The molecule has 0 spiro atoms. The monoisotopic (exact) mass is 424 g/mol. The summed E-state index contributed by atoms with van der Waals surface area (Å²) in [4.78, 5) is 24.5. The molecule has 6 heteroatoms. The average molecular weight is 424 g/mol. The van der Waals surface area contributed by atoms with Crippen molar-refractivity contribution in [1.29, 1.82) is 0 Å². The summed E-state index contributed by atoms with van der Waals surface area (Å²) in [7, 11) is 0. The molecule has 3 N–H and O–H groups in total. The Labute approximate surface area is 148 Å². The van der Waals surface area contributed by atoms with Gasteiger partial charge in [0, 0.05) is 14.9 Å². The number of nitrogens with two attached hydrogens (primary N) is 1. The van der Waals surface area contributed by atoms with Gasteiger partial charge in [0.15, 0.2) is 6.10 Å². The Morgan fingerprint density at radius 3 is 2.57 bits per heavy atom. The van der Waals surface area contributed by atoms with Gasteiger partial charge in [-0.25, -0.2) is 4.79 Å². The molecule has 0 bridgehead atoms. The number of ether oxygens (including phenoxy) is 1. The van der Waals surface area contributed by atoms with E-state index in [9.17, 15) is 9.59 Å². The van der Waals surface area contributed by atoms with Crippen molar-refractivity contribution in [2.24, 2.45) is 0 Å². The third kappa shape index (κ3) is 4.69. The molecule has 0 aliphatic heterocycles. The Morgan fingerprint density at radius 1 is 1.22 bits per heavy atom. The van der Waals surface area contributed by atoms with E-state index in [4.69, 9.17) is 10.5 Å². The van der Waals surface area contributed by atoms with Gasteiger partial charge >= 0.3 is 5.97 Å². The van der Waals surface area contributed by atoms with Crippen molar-refractivity contribution in [3.63, 3.8) is 0 Å². The first-order chi connectivity index (χ1) is 11.0. The lowest BCUT2D eigenvalue weighted by atomic mass is 10.2. The Balaban J connectivity index is 2.08. The molecule has 0 radical (unpaired) electrons. The lowest BCUT2D eigenvalue weighted by molar-refractivity contribution is -0.124. The van der Waals surface area contributed by atoms with Crippen molar-refractivity contribution >= 4 is 45.8 Å². The molecule has 0 heterocycles. The van der Waals surface area contributed by atoms with Crippen LogP contribution >= 0.6 is 22.6 Å². The number of amides is 1. The van der Waals surface area contributed by atoms with Crippen molar-refractivity contribution in [1.82, 2.24) is 0 Å². The van der Waals surface area contributed by atoms with Crippen molar-refractivity contribution < 1.29 is 14.3 Å². The number of anilines is 2. The van der Waals surface area contributed by atoms with Gasteiger partial charge in [-0.3, -0.25) is 4.79 Å². The zero-order valence-electron chi connectivity index (χ0n) is 12.6. The number of halogens is 1. The predicted octanol–water partition coefficient (Wildman–Crippen LogP) is 3.45. The molecule has 23 heavy (non-hydrogen) atoms. The molecule has 2 aromatic carbocycles. The fraction of sp³-hybridized carbons (Fsp3) is 0.176. The minimum absolute atomic E-state index is 0.267. The number of nitrogens with one attached hydrogen (secondary N) is 1. The number of hydrogen-bond donors (Lipinski definition) is 2. The molecule has 1 unspecified atom stereocenters. The molecule has 0 aliphatic rings. The van der Waals surface area contributed by atoms with Crippen LogP contribution in [0.25, 0.3) is 0 Å². The predicted molar refractivity (Wildman–Crippen MR) is 98.1 cm³/mol. The van der Waals surface area contributed by atoms with E-state index in [1.54, 1.807) is 37.3 Å². The van der Waals surface area contributed by atoms with E-state index in [0.717, 1.165) is 3.57 Å². The normalized spacial score (nSPS) is 11.6. The molecule has 1 atom stereocenters. The molecular formula is C17H17IN2O3. The van der Waals surface area contributed by atoms with Crippen LogP contribution in [0.15, 0.2) is 48.5 Å². The van der Waals surface area contributed by atoms with Crippen molar-refractivity contribution in [2.75, 3.05) is 11.1 Å². The lowest BCUT2D eigenvalue weighted by Gasteiger charge is -2.16. The van der Waals surface area contributed by atoms with E-state index in [1.165, 1.54) is 0 Å². The summed E-state index contributed by atoms with van der Waals surface area (Å²) >= 11 is 2.08. The van der Waals surface area contributed by atoms with Crippen LogP contribution in [0.4, 0.5) is 11.4 Å². The maximum absolute atomic E-state index is 12.3. The van der Waals surface area contributed by atoms with Gasteiger partial charge in [-0.05, 0) is 59.3 Å². The maximum Gasteiger partial charge on any atom is 0.341 e. The Bertz CT molecular complexity index is 704. The topological polar surface area (TPSA) is 81.4 Å². The number of benzene rings is 2. The van der Waals surface area contributed by atoms with Gasteiger partial charge < -0.3 is 15.8 Å². The number of para-hydroxylation sites is 1. The first kappa shape index (κ1) is 17.3. The minimum Gasteiger partial charge on any atom is -0.449 e. The Hall–Kier alpha value is -2.09. The third-order valence-electron chi connectivity index (χ3n) is 3.19. The highest BCUT2D eigenvalue weighted by Crippen LogP contribution is 2.18. The molecule has 0 aliphatic carbocycles. The van der Waals surface area contributed by atoms with E-state index < -0.39 is 12.1 Å². The van der Waals surface area contributed by atoms with Crippen molar-refractivity contribution in [2.45, 2.75) is 19.4 Å². The number of nitrogen functional groups attached to an aromatic ring is 1. The van der Waals surface area contributed by atoms with Crippen molar-refractivity contribution in [3.8, 4) is 0 Å². The highest BCUT2D eigenvalue weighted by molar-refractivity contribution is 14.1. The summed E-state index contributed by atoms with van der Waals surface area (Å²) in [5.41, 5.74) is 7.05. The Kier molecular flexibility index (Phi) is 5.97. The SMILES string of the molecule is CCC(OC(=O)c1cc(I)ccc1N)C(=O)Nc1ccccc1. The number of esters is 1. The zero-order valence-corrected chi connectivity index (χ0v) is 14.7. The fourth-order valence-corrected chi connectivity index (χ4v) is 2.46. The van der Waals surface area contributed by atoms with Crippen LogP contribution < -0.4 is 11.1 Å². The van der Waals surface area contributed by atoms with E-state index >= 15 is 0 Å². The molecule has 1 amide bonds. The van der Waals surface area contributed by atoms with E-state index in [-0.39, 0.29) is 11.5 Å². The van der Waals surface area contributed by atoms with Gasteiger partial charge in [0.25, 0.3) is 5.91 Å². The molecule has 0 aromatic heterocycles. The first-order valence-corrected chi connectivity index (χ1v) is 8.21. The van der Waals surface area contributed by atoms with Gasteiger partial charge in [-0.15, -0.1) is 0 Å². The molecule has 0 fully saturated rings. The third-order valence-corrected chi connectivity index (χ3v) is 3.86. The molecule has 2 rings (SSSR count). The van der Waals surface area contributed by atoms with Crippen LogP contribution in [-0.2, 0) is 9.53 Å². The summed E-state index contributed by atoms with van der Waals surface area (Å²) < 4.78 is 6.19. The average Bonchev–Trinajstić information content (AvgIpc) is 2.55. The molecule has 5 nitrogen and oxygen atoms in total. The summed E-state index contributed by atoms with van der Waals surface area (Å²) in [6.07, 6.45) is -0.506. The molecule has 0 saturated heterocycles. The minimum atomic E-state index is -0.875. The van der Waals surface area contributed by atoms with Crippen LogP contribution in [0.1, 0.15) is 23.7 Å². The van der Waals surface area contributed by atoms with Gasteiger partial charge in [0.1, 0.15) is 0 Å². The van der Waals surface area contributed by atoms with Gasteiger partial charge in [0.05, 0.1) is 5.56 Å². The van der Waals surface area contributed by atoms with E-state index in [1.807, 2.05) is 18.2 Å².